The number of ether oxygens (including phenoxy) is 8. The number of aromatic hydroxyl groups is 3. The van der Waals surface area contributed by atoms with Crippen LogP contribution in [-0.4, -0.2) is 141 Å². The molecule has 19 heteroatoms. The Hall–Kier alpha value is -6.32. The number of benzene rings is 3. The van der Waals surface area contributed by atoms with Crippen molar-refractivity contribution in [3.63, 3.8) is 0 Å². The number of rotatable bonds is 16. The Bertz CT molecular complexity index is 2080. The SMILES string of the molecule is COc1cc(/C=C/C(=O)OC[C@H]2O[C@@](COC(=O)/C=C/c3ccc(O)cc3)(O[C@H]3O[C@H](CO)[C@@H](O)[C@H](O)[C@H]3OC(C)=O)[C@@H](O)[C@@H]2OC(=O)/C=C/c2ccc(O)cc2)ccc1O. The van der Waals surface area contributed by atoms with Crippen LogP contribution in [-0.2, 0) is 52.3 Å². The number of hydrogen-bond acceptors (Lipinski definition) is 19. The average molecular weight is 853 g/mol. The van der Waals surface area contributed by atoms with E-state index in [2.05, 4.69) is 0 Å². The summed E-state index contributed by atoms with van der Waals surface area (Å²) < 4.78 is 44.5. The highest BCUT2D eigenvalue weighted by molar-refractivity contribution is 5.88. The summed E-state index contributed by atoms with van der Waals surface area (Å²) in [4.78, 5) is 51.4. The molecule has 2 aliphatic rings. The van der Waals surface area contributed by atoms with Crippen LogP contribution in [0, 0.1) is 0 Å². The summed E-state index contributed by atoms with van der Waals surface area (Å²) >= 11 is 0. The van der Waals surface area contributed by atoms with Gasteiger partial charge in [0.2, 0.25) is 12.1 Å². The number of hydrogen-bond donors (Lipinski definition) is 7. The molecule has 0 spiro atoms. The number of aliphatic hydroxyl groups excluding tert-OH is 4. The molecule has 0 unspecified atom stereocenters. The fourth-order valence-electron chi connectivity index (χ4n) is 6.10. The minimum Gasteiger partial charge on any atom is -0.508 e. The zero-order chi connectivity index (χ0) is 44.3. The number of phenols is 3. The van der Waals surface area contributed by atoms with Crippen LogP contribution in [0.25, 0.3) is 18.2 Å². The van der Waals surface area contributed by atoms with Crippen molar-refractivity contribution in [2.24, 2.45) is 0 Å². The fraction of sp³-hybridized carbons (Fsp3) is 0.333. The van der Waals surface area contributed by atoms with Crippen molar-refractivity contribution in [2.75, 3.05) is 26.9 Å². The zero-order valence-electron chi connectivity index (χ0n) is 32.6. The Labute approximate surface area is 347 Å². The molecular weight excluding hydrogens is 808 g/mol. The van der Waals surface area contributed by atoms with Gasteiger partial charge in [-0.3, -0.25) is 4.79 Å². The molecule has 326 valence electrons. The molecule has 19 nitrogen and oxygen atoms in total. The van der Waals surface area contributed by atoms with Crippen LogP contribution in [0.15, 0.2) is 85.0 Å². The van der Waals surface area contributed by atoms with Gasteiger partial charge in [0.15, 0.2) is 29.8 Å². The van der Waals surface area contributed by atoms with E-state index in [0.717, 1.165) is 25.2 Å². The molecule has 0 amide bonds. The van der Waals surface area contributed by atoms with Crippen molar-refractivity contribution >= 4 is 42.1 Å². The van der Waals surface area contributed by atoms with Crippen LogP contribution in [0.4, 0.5) is 0 Å². The van der Waals surface area contributed by atoms with E-state index in [0.29, 0.717) is 16.7 Å². The van der Waals surface area contributed by atoms with E-state index in [1.165, 1.54) is 92.1 Å². The van der Waals surface area contributed by atoms with Gasteiger partial charge in [-0.15, -0.1) is 0 Å². The van der Waals surface area contributed by atoms with Gasteiger partial charge in [-0.1, -0.05) is 30.3 Å². The maximum Gasteiger partial charge on any atom is 0.331 e. The Kier molecular flexibility index (Phi) is 15.6. The number of carbonyl (C=O) groups excluding carboxylic acids is 4. The van der Waals surface area contributed by atoms with Gasteiger partial charge in [0.1, 0.15) is 49.1 Å². The largest absolute Gasteiger partial charge is 0.508 e. The Morgan fingerprint density at radius 1 is 0.705 bits per heavy atom. The van der Waals surface area contributed by atoms with Crippen LogP contribution < -0.4 is 4.74 Å². The van der Waals surface area contributed by atoms with E-state index in [-0.39, 0.29) is 23.0 Å². The van der Waals surface area contributed by atoms with Crippen LogP contribution in [0.2, 0.25) is 0 Å². The van der Waals surface area contributed by atoms with E-state index in [9.17, 15) is 54.9 Å². The lowest BCUT2D eigenvalue weighted by Crippen LogP contribution is -2.63. The smallest absolute Gasteiger partial charge is 0.331 e. The summed E-state index contributed by atoms with van der Waals surface area (Å²) in [6.45, 7) is -1.69. The molecule has 2 heterocycles. The van der Waals surface area contributed by atoms with E-state index in [1.54, 1.807) is 0 Å². The molecule has 7 N–H and O–H groups in total. The molecule has 0 aliphatic carbocycles. The monoisotopic (exact) mass is 852 g/mol. The highest BCUT2D eigenvalue weighted by Gasteiger charge is 2.62. The maximum atomic E-state index is 13.3. The third-order valence-electron chi connectivity index (χ3n) is 9.20. The van der Waals surface area contributed by atoms with Gasteiger partial charge >= 0.3 is 23.9 Å². The predicted molar refractivity (Wildman–Crippen MR) is 208 cm³/mol. The first-order valence-corrected chi connectivity index (χ1v) is 18.5. The van der Waals surface area contributed by atoms with Crippen LogP contribution in [0.1, 0.15) is 23.6 Å². The third kappa shape index (κ3) is 12.1. The first-order chi connectivity index (χ1) is 29.1. The Morgan fingerprint density at radius 2 is 1.26 bits per heavy atom. The molecule has 9 atom stereocenters. The lowest BCUT2D eigenvalue weighted by atomic mass is 9.98. The van der Waals surface area contributed by atoms with Gasteiger partial charge in [-0.2, -0.15) is 0 Å². The lowest BCUT2D eigenvalue weighted by molar-refractivity contribution is -0.383. The molecule has 61 heavy (non-hydrogen) atoms. The standard InChI is InChI=1S/C42H44O19/c1-23(44)57-39-37(52)36(51)31(20-43)58-41(39)61-42(22-56-34(49)16-8-24-3-11-27(45)12-4-24)40(53)38(59-35(50)18-9-25-5-13-28(46)14-6-25)32(60-42)21-55-33(48)17-10-26-7-15-29(47)30(19-26)54-2/h3-19,31-32,36-41,43,45-47,51-53H,20-22H2,1-2H3/b16-8+,17-10+,18-9+/t31-,32-,36-,37+,38-,39-,40+,41-,42+/m1/s1. The second kappa shape index (κ2) is 20.8. The quantitative estimate of drug-likeness (QED) is 0.0603. The van der Waals surface area contributed by atoms with Crippen LogP contribution >= 0.6 is 0 Å². The number of carbonyl (C=O) groups is 4. The molecule has 0 aromatic heterocycles. The van der Waals surface area contributed by atoms with Gasteiger partial charge in [0.05, 0.1) is 13.7 Å². The van der Waals surface area contributed by atoms with Crippen molar-refractivity contribution in [3.05, 3.63) is 102 Å². The molecule has 3 aromatic carbocycles. The highest BCUT2D eigenvalue weighted by atomic mass is 16.8. The first-order valence-electron chi connectivity index (χ1n) is 18.5. The second-order valence-corrected chi connectivity index (χ2v) is 13.6. The zero-order valence-corrected chi connectivity index (χ0v) is 32.6. The van der Waals surface area contributed by atoms with Crippen LogP contribution in [0.3, 0.4) is 0 Å². The molecule has 0 radical (unpaired) electrons. The number of methoxy groups -OCH3 is 1. The topological polar surface area (TPSA) is 284 Å². The molecule has 3 aromatic rings. The molecule has 2 aliphatic heterocycles. The van der Waals surface area contributed by atoms with Gasteiger partial charge in [-0.25, -0.2) is 14.4 Å². The summed E-state index contributed by atoms with van der Waals surface area (Å²) in [6, 6.07) is 15.7. The van der Waals surface area contributed by atoms with E-state index >= 15 is 0 Å². The molecule has 2 fully saturated rings. The number of phenolic OH excluding ortho intramolecular Hbond substituents is 3. The summed E-state index contributed by atoms with van der Waals surface area (Å²) in [7, 11) is 1.34. The van der Waals surface area contributed by atoms with Crippen LogP contribution in [0.5, 0.6) is 23.0 Å². The van der Waals surface area contributed by atoms with Gasteiger partial charge in [0.25, 0.3) is 0 Å². The second-order valence-electron chi connectivity index (χ2n) is 13.6. The van der Waals surface area contributed by atoms with Crippen molar-refractivity contribution < 1.29 is 92.8 Å². The fourth-order valence-corrected chi connectivity index (χ4v) is 6.10. The molecule has 0 saturated carbocycles. The van der Waals surface area contributed by atoms with Crippen molar-refractivity contribution in [3.8, 4) is 23.0 Å². The summed E-state index contributed by atoms with van der Waals surface area (Å²) in [6.07, 6.45) is -7.68. The van der Waals surface area contributed by atoms with E-state index in [4.69, 9.17) is 37.9 Å². The lowest BCUT2D eigenvalue weighted by Gasteiger charge is -2.44. The minimum absolute atomic E-state index is 0.0235. The summed E-state index contributed by atoms with van der Waals surface area (Å²) in [5.41, 5.74) is 1.38. The minimum atomic E-state index is -2.66. The maximum absolute atomic E-state index is 13.3. The molecule has 0 bridgehead atoms. The number of aliphatic hydroxyl groups is 4. The highest BCUT2D eigenvalue weighted by Crippen LogP contribution is 2.39. The average Bonchev–Trinajstić information content (AvgIpc) is 3.49. The number of esters is 4. The predicted octanol–water partition coefficient (Wildman–Crippen LogP) is 1.09. The van der Waals surface area contributed by atoms with Crippen molar-refractivity contribution in [1.82, 2.24) is 0 Å². The summed E-state index contributed by atoms with van der Waals surface area (Å²) in [5.74, 6) is -6.75. The van der Waals surface area contributed by atoms with Gasteiger partial charge in [0, 0.05) is 25.2 Å². The Morgan fingerprint density at radius 3 is 1.84 bits per heavy atom. The van der Waals surface area contributed by atoms with E-state index in [1.807, 2.05) is 0 Å². The first kappa shape index (κ1) is 45.8. The summed E-state index contributed by atoms with van der Waals surface area (Å²) in [5, 5.41) is 72.5. The molecule has 5 rings (SSSR count). The molecular formula is C42H44O19. The normalized spacial score (nSPS) is 26.3. The van der Waals surface area contributed by atoms with Crippen molar-refractivity contribution in [1.29, 1.82) is 0 Å². The van der Waals surface area contributed by atoms with Crippen molar-refractivity contribution in [2.45, 2.75) is 61.7 Å². The Balaban J connectivity index is 1.47. The van der Waals surface area contributed by atoms with E-state index < -0.39 is 98.5 Å². The van der Waals surface area contributed by atoms with Gasteiger partial charge < -0.3 is 73.6 Å². The van der Waals surface area contributed by atoms with Gasteiger partial charge in [-0.05, 0) is 71.3 Å². The third-order valence-corrected chi connectivity index (χ3v) is 9.20. The molecule has 2 saturated heterocycles.